The van der Waals surface area contributed by atoms with Gasteiger partial charge in [-0.3, -0.25) is 0 Å². The molecule has 0 aliphatic heterocycles. The van der Waals surface area contributed by atoms with E-state index in [9.17, 15) is 9.50 Å². The van der Waals surface area contributed by atoms with Gasteiger partial charge in [0.25, 0.3) is 0 Å². The van der Waals surface area contributed by atoms with Crippen LogP contribution >= 0.6 is 0 Å². The van der Waals surface area contributed by atoms with Crippen molar-refractivity contribution < 1.29 is 9.50 Å². The van der Waals surface area contributed by atoms with Crippen LogP contribution in [0.25, 0.3) is 5.69 Å². The van der Waals surface area contributed by atoms with Crippen molar-refractivity contribution in [2.24, 2.45) is 0 Å². The van der Waals surface area contributed by atoms with Crippen LogP contribution in [0.4, 0.5) is 4.39 Å². The predicted molar refractivity (Wildman–Crippen MR) is 70.7 cm³/mol. The first kappa shape index (κ1) is 13.7. The van der Waals surface area contributed by atoms with Crippen molar-refractivity contribution in [2.75, 3.05) is 0 Å². The fourth-order valence-corrected chi connectivity index (χ4v) is 1.75. The minimum Gasteiger partial charge on any atom is -0.390 e. The molecular weight excluding hydrogens is 245 g/mol. The van der Waals surface area contributed by atoms with Crippen molar-refractivity contribution in [1.29, 1.82) is 0 Å². The van der Waals surface area contributed by atoms with Gasteiger partial charge in [-0.05, 0) is 38.0 Å². The Bertz CT molecular complexity index is 578. The molecule has 102 valence electrons. The van der Waals surface area contributed by atoms with Crippen LogP contribution in [0.5, 0.6) is 0 Å². The molecule has 1 atom stereocenters. The minimum absolute atomic E-state index is 0.268. The van der Waals surface area contributed by atoms with Crippen molar-refractivity contribution in [3.8, 4) is 5.69 Å². The maximum atomic E-state index is 13.5. The molecular formula is C14H18FN3O. The van der Waals surface area contributed by atoms with E-state index in [4.69, 9.17) is 0 Å². The summed E-state index contributed by atoms with van der Waals surface area (Å²) in [6.07, 6.45) is 2.78. The third-order valence-corrected chi connectivity index (χ3v) is 3.28. The van der Waals surface area contributed by atoms with Crippen molar-refractivity contribution in [1.82, 2.24) is 15.0 Å². The summed E-state index contributed by atoms with van der Waals surface area (Å²) in [5.74, 6) is -0.268. The van der Waals surface area contributed by atoms with Gasteiger partial charge in [-0.2, -0.15) is 0 Å². The van der Waals surface area contributed by atoms with Crippen LogP contribution in [0.1, 0.15) is 31.5 Å². The highest BCUT2D eigenvalue weighted by Gasteiger charge is 2.20. The number of nitrogens with zero attached hydrogens (tertiary/aromatic N) is 3. The van der Waals surface area contributed by atoms with E-state index in [1.54, 1.807) is 32.2 Å². The van der Waals surface area contributed by atoms with E-state index in [0.717, 1.165) is 0 Å². The monoisotopic (exact) mass is 263 g/mol. The predicted octanol–water partition coefficient (Wildman–Crippen LogP) is 2.42. The summed E-state index contributed by atoms with van der Waals surface area (Å²) in [6, 6.07) is 4.91. The van der Waals surface area contributed by atoms with E-state index in [1.165, 1.54) is 10.7 Å². The van der Waals surface area contributed by atoms with Gasteiger partial charge in [-0.15, -0.1) is 5.10 Å². The Morgan fingerprint density at radius 3 is 2.79 bits per heavy atom. The summed E-state index contributed by atoms with van der Waals surface area (Å²) in [4.78, 5) is 0. The van der Waals surface area contributed by atoms with E-state index >= 15 is 0 Å². The Kier molecular flexibility index (Phi) is 3.66. The molecule has 1 heterocycles. The average molecular weight is 263 g/mol. The molecule has 0 saturated heterocycles. The Balaban J connectivity index is 2.23. The standard InChI is InChI=1S/C14H18FN3O/c1-4-14(3,19)8-11-9-18(17-16-11)12-6-5-10(2)13(15)7-12/h5-7,9,19H,4,8H2,1-3H3. The van der Waals surface area contributed by atoms with E-state index in [2.05, 4.69) is 10.3 Å². The molecule has 2 aromatic rings. The highest BCUT2D eigenvalue weighted by molar-refractivity contribution is 5.34. The Morgan fingerprint density at radius 1 is 1.42 bits per heavy atom. The SMILES string of the molecule is CCC(C)(O)Cc1cn(-c2ccc(C)c(F)c2)nn1. The van der Waals surface area contributed by atoms with E-state index in [1.807, 2.05) is 6.92 Å². The number of aromatic nitrogens is 3. The lowest BCUT2D eigenvalue weighted by molar-refractivity contribution is 0.0554. The van der Waals surface area contributed by atoms with Crippen LogP contribution in [-0.2, 0) is 6.42 Å². The van der Waals surface area contributed by atoms with Gasteiger partial charge >= 0.3 is 0 Å². The number of halogens is 1. The topological polar surface area (TPSA) is 50.9 Å². The highest BCUT2D eigenvalue weighted by Crippen LogP contribution is 2.17. The first-order valence-corrected chi connectivity index (χ1v) is 6.31. The molecule has 1 unspecified atom stereocenters. The normalized spacial score (nSPS) is 14.4. The molecule has 1 aromatic carbocycles. The fraction of sp³-hybridized carbons (Fsp3) is 0.429. The molecule has 1 N–H and O–H groups in total. The quantitative estimate of drug-likeness (QED) is 0.921. The summed E-state index contributed by atoms with van der Waals surface area (Å²) in [6.45, 7) is 5.39. The van der Waals surface area contributed by atoms with Gasteiger partial charge in [0.15, 0.2) is 0 Å². The van der Waals surface area contributed by atoms with E-state index in [-0.39, 0.29) is 5.82 Å². The lowest BCUT2D eigenvalue weighted by atomic mass is 9.98. The average Bonchev–Trinajstić information content (AvgIpc) is 2.80. The number of hydrogen-bond acceptors (Lipinski definition) is 3. The third kappa shape index (κ3) is 3.17. The summed E-state index contributed by atoms with van der Waals surface area (Å²) in [7, 11) is 0. The molecule has 0 bridgehead atoms. The Hall–Kier alpha value is -1.75. The fourth-order valence-electron chi connectivity index (χ4n) is 1.75. The van der Waals surface area contributed by atoms with Gasteiger partial charge in [0.2, 0.25) is 0 Å². The third-order valence-electron chi connectivity index (χ3n) is 3.28. The Morgan fingerprint density at radius 2 is 2.16 bits per heavy atom. The lowest BCUT2D eigenvalue weighted by Gasteiger charge is -2.18. The zero-order valence-electron chi connectivity index (χ0n) is 11.4. The Labute approximate surface area is 111 Å². The first-order valence-electron chi connectivity index (χ1n) is 6.31. The maximum absolute atomic E-state index is 13.5. The van der Waals surface area contributed by atoms with Crippen molar-refractivity contribution in [2.45, 2.75) is 39.2 Å². The van der Waals surface area contributed by atoms with E-state index < -0.39 is 5.60 Å². The number of hydrogen-bond donors (Lipinski definition) is 1. The maximum Gasteiger partial charge on any atom is 0.128 e. The first-order chi connectivity index (χ1) is 8.91. The van der Waals surface area contributed by atoms with Gasteiger partial charge in [0, 0.05) is 6.42 Å². The van der Waals surface area contributed by atoms with Crippen LogP contribution in [-0.4, -0.2) is 25.7 Å². The van der Waals surface area contributed by atoms with Crippen LogP contribution in [0, 0.1) is 12.7 Å². The number of benzene rings is 1. The molecule has 4 nitrogen and oxygen atoms in total. The number of aryl methyl sites for hydroxylation is 1. The summed E-state index contributed by atoms with van der Waals surface area (Å²) in [5, 5.41) is 18.0. The van der Waals surface area contributed by atoms with Crippen LogP contribution in [0.15, 0.2) is 24.4 Å². The lowest BCUT2D eigenvalue weighted by Crippen LogP contribution is -2.25. The smallest absolute Gasteiger partial charge is 0.128 e. The van der Waals surface area contributed by atoms with Crippen LogP contribution in [0.3, 0.4) is 0 Å². The second kappa shape index (κ2) is 5.09. The largest absolute Gasteiger partial charge is 0.390 e. The number of aliphatic hydroxyl groups is 1. The van der Waals surface area contributed by atoms with E-state index in [0.29, 0.717) is 29.8 Å². The van der Waals surface area contributed by atoms with Crippen molar-refractivity contribution in [3.63, 3.8) is 0 Å². The van der Waals surface area contributed by atoms with Gasteiger partial charge < -0.3 is 5.11 Å². The molecule has 5 heteroatoms. The van der Waals surface area contributed by atoms with Gasteiger partial charge in [-0.1, -0.05) is 18.2 Å². The van der Waals surface area contributed by atoms with Crippen LogP contribution in [0.2, 0.25) is 0 Å². The molecule has 0 aliphatic rings. The van der Waals surface area contributed by atoms with Gasteiger partial charge in [0.05, 0.1) is 23.2 Å². The second-order valence-electron chi connectivity index (χ2n) is 5.12. The molecule has 1 aromatic heterocycles. The van der Waals surface area contributed by atoms with Crippen LogP contribution < -0.4 is 0 Å². The highest BCUT2D eigenvalue weighted by atomic mass is 19.1. The molecule has 0 amide bonds. The second-order valence-corrected chi connectivity index (χ2v) is 5.12. The zero-order chi connectivity index (χ0) is 14.0. The molecule has 0 aliphatic carbocycles. The molecule has 19 heavy (non-hydrogen) atoms. The summed E-state index contributed by atoms with van der Waals surface area (Å²) in [5.41, 5.74) is 1.11. The van der Waals surface area contributed by atoms with Crippen molar-refractivity contribution >= 4 is 0 Å². The molecule has 2 rings (SSSR count). The molecule has 0 spiro atoms. The van der Waals surface area contributed by atoms with Gasteiger partial charge in [0.1, 0.15) is 5.82 Å². The summed E-state index contributed by atoms with van der Waals surface area (Å²) < 4.78 is 15.0. The summed E-state index contributed by atoms with van der Waals surface area (Å²) >= 11 is 0. The van der Waals surface area contributed by atoms with Gasteiger partial charge in [-0.25, -0.2) is 9.07 Å². The zero-order valence-corrected chi connectivity index (χ0v) is 11.4. The van der Waals surface area contributed by atoms with Crippen molar-refractivity contribution in [3.05, 3.63) is 41.5 Å². The number of rotatable bonds is 4. The molecule has 0 saturated carbocycles. The minimum atomic E-state index is -0.792. The molecule has 0 radical (unpaired) electrons. The molecule has 0 fully saturated rings.